The standard InChI is InChI=1S/C16H19N3O3/c20-8-6-11-5-7-19(10-11)14-3-1-12(9-17-14)13-2-4-15(21)18-16(13)22/h1,3,8-9,11,13H,2,4-7,10H2,(H,18,21,22)/t11-,13-/m1/s1. The SMILES string of the molecule is O=CC[C@H]1CCN(c2ccc([C@H]3CCC(=O)NC3=O)cn2)C1. The fraction of sp³-hybridized carbons (Fsp3) is 0.500. The zero-order chi connectivity index (χ0) is 15.5. The van der Waals surface area contributed by atoms with E-state index in [2.05, 4.69) is 15.2 Å². The molecule has 3 rings (SSSR count). The Kier molecular flexibility index (Phi) is 4.18. The number of anilines is 1. The highest BCUT2D eigenvalue weighted by molar-refractivity contribution is 6.00. The van der Waals surface area contributed by atoms with Crippen LogP contribution in [0.15, 0.2) is 18.3 Å². The lowest BCUT2D eigenvalue weighted by atomic mass is 9.92. The molecular weight excluding hydrogens is 282 g/mol. The van der Waals surface area contributed by atoms with Gasteiger partial charge >= 0.3 is 0 Å². The van der Waals surface area contributed by atoms with E-state index in [1.807, 2.05) is 12.1 Å². The predicted octanol–water partition coefficient (Wildman–Crippen LogP) is 1.02. The Balaban J connectivity index is 1.67. The van der Waals surface area contributed by atoms with E-state index in [1.54, 1.807) is 6.20 Å². The van der Waals surface area contributed by atoms with Gasteiger partial charge in [0.15, 0.2) is 0 Å². The van der Waals surface area contributed by atoms with Gasteiger partial charge in [-0.15, -0.1) is 0 Å². The summed E-state index contributed by atoms with van der Waals surface area (Å²) in [5.41, 5.74) is 0.845. The molecule has 0 radical (unpaired) electrons. The fourth-order valence-corrected chi connectivity index (χ4v) is 3.17. The topological polar surface area (TPSA) is 79.4 Å². The number of rotatable bonds is 4. The van der Waals surface area contributed by atoms with Crippen molar-refractivity contribution in [3.05, 3.63) is 23.9 Å². The van der Waals surface area contributed by atoms with E-state index in [-0.39, 0.29) is 17.7 Å². The summed E-state index contributed by atoms with van der Waals surface area (Å²) in [6.45, 7) is 1.76. The van der Waals surface area contributed by atoms with E-state index in [0.29, 0.717) is 25.2 Å². The molecule has 3 heterocycles. The second-order valence-corrected chi connectivity index (χ2v) is 5.96. The predicted molar refractivity (Wildman–Crippen MR) is 80.4 cm³/mol. The van der Waals surface area contributed by atoms with Crippen molar-refractivity contribution in [2.24, 2.45) is 5.92 Å². The molecule has 6 heteroatoms. The Morgan fingerprint density at radius 1 is 1.32 bits per heavy atom. The fourth-order valence-electron chi connectivity index (χ4n) is 3.17. The van der Waals surface area contributed by atoms with E-state index >= 15 is 0 Å². The van der Waals surface area contributed by atoms with E-state index in [1.165, 1.54) is 0 Å². The van der Waals surface area contributed by atoms with Crippen molar-refractivity contribution in [1.29, 1.82) is 0 Å². The number of hydrogen-bond acceptors (Lipinski definition) is 5. The molecule has 22 heavy (non-hydrogen) atoms. The Morgan fingerprint density at radius 2 is 2.18 bits per heavy atom. The number of carbonyl (C=O) groups excluding carboxylic acids is 3. The van der Waals surface area contributed by atoms with Crippen LogP contribution in [0.25, 0.3) is 0 Å². The molecular formula is C16H19N3O3. The highest BCUT2D eigenvalue weighted by atomic mass is 16.2. The number of imide groups is 1. The largest absolute Gasteiger partial charge is 0.356 e. The van der Waals surface area contributed by atoms with Gasteiger partial charge in [0.2, 0.25) is 11.8 Å². The third-order valence-electron chi connectivity index (χ3n) is 4.45. The third-order valence-corrected chi connectivity index (χ3v) is 4.45. The molecule has 2 saturated heterocycles. The summed E-state index contributed by atoms with van der Waals surface area (Å²) in [4.78, 5) is 40.2. The second-order valence-electron chi connectivity index (χ2n) is 5.96. The lowest BCUT2D eigenvalue weighted by molar-refractivity contribution is -0.134. The minimum absolute atomic E-state index is 0.205. The van der Waals surface area contributed by atoms with Crippen LogP contribution in [0.4, 0.5) is 5.82 Å². The van der Waals surface area contributed by atoms with Gasteiger partial charge in [-0.1, -0.05) is 6.07 Å². The number of nitrogens with zero attached hydrogens (tertiary/aromatic N) is 2. The van der Waals surface area contributed by atoms with Gasteiger partial charge in [0.05, 0.1) is 5.92 Å². The number of aldehydes is 1. The van der Waals surface area contributed by atoms with Crippen LogP contribution < -0.4 is 10.2 Å². The molecule has 0 bridgehead atoms. The highest BCUT2D eigenvalue weighted by Gasteiger charge is 2.28. The molecule has 2 amide bonds. The molecule has 2 aliphatic heterocycles. The van der Waals surface area contributed by atoms with Gasteiger partial charge < -0.3 is 9.69 Å². The number of nitrogens with one attached hydrogen (secondary N) is 1. The first kappa shape index (κ1) is 14.7. The molecule has 1 N–H and O–H groups in total. The van der Waals surface area contributed by atoms with Crippen LogP contribution in [0.5, 0.6) is 0 Å². The lowest BCUT2D eigenvalue weighted by Gasteiger charge is -2.22. The van der Waals surface area contributed by atoms with Crippen molar-refractivity contribution in [1.82, 2.24) is 10.3 Å². The van der Waals surface area contributed by atoms with Gasteiger partial charge in [0, 0.05) is 32.1 Å². The first-order chi connectivity index (χ1) is 10.7. The van der Waals surface area contributed by atoms with Gasteiger partial charge in [0.25, 0.3) is 0 Å². The average Bonchev–Trinajstić information content (AvgIpc) is 2.97. The van der Waals surface area contributed by atoms with Gasteiger partial charge in [-0.05, 0) is 30.4 Å². The summed E-state index contributed by atoms with van der Waals surface area (Å²) in [6, 6.07) is 3.83. The maximum absolute atomic E-state index is 11.9. The molecule has 1 aromatic rings. The van der Waals surface area contributed by atoms with Crippen molar-refractivity contribution in [2.75, 3.05) is 18.0 Å². The third kappa shape index (κ3) is 3.00. The smallest absolute Gasteiger partial charge is 0.234 e. The van der Waals surface area contributed by atoms with Gasteiger partial charge in [-0.25, -0.2) is 4.98 Å². The Hall–Kier alpha value is -2.24. The summed E-state index contributed by atoms with van der Waals surface area (Å²) in [5.74, 6) is 0.557. The van der Waals surface area contributed by atoms with Gasteiger partial charge in [0.1, 0.15) is 12.1 Å². The number of carbonyl (C=O) groups is 3. The molecule has 0 aliphatic carbocycles. The molecule has 6 nitrogen and oxygen atoms in total. The second kappa shape index (κ2) is 6.25. The molecule has 0 spiro atoms. The molecule has 2 aliphatic rings. The summed E-state index contributed by atoms with van der Waals surface area (Å²) in [7, 11) is 0. The van der Waals surface area contributed by atoms with Gasteiger partial charge in [-0.3, -0.25) is 14.9 Å². The summed E-state index contributed by atoms with van der Waals surface area (Å²) in [5, 5.41) is 2.37. The van der Waals surface area contributed by atoms with Crippen molar-refractivity contribution in [2.45, 2.75) is 31.6 Å². The molecule has 116 valence electrons. The number of aromatic nitrogens is 1. The number of piperidine rings is 1. The van der Waals surface area contributed by atoms with Crippen molar-refractivity contribution >= 4 is 23.9 Å². The molecule has 0 saturated carbocycles. The van der Waals surface area contributed by atoms with Crippen molar-refractivity contribution < 1.29 is 14.4 Å². The van der Waals surface area contributed by atoms with Crippen LogP contribution in [0.2, 0.25) is 0 Å². The maximum Gasteiger partial charge on any atom is 0.234 e. The number of pyridine rings is 1. The lowest BCUT2D eigenvalue weighted by Crippen LogP contribution is -2.39. The molecule has 0 aromatic carbocycles. The van der Waals surface area contributed by atoms with E-state index in [0.717, 1.165) is 37.2 Å². The maximum atomic E-state index is 11.9. The normalized spacial score (nSPS) is 25.2. The van der Waals surface area contributed by atoms with Crippen molar-refractivity contribution in [3.63, 3.8) is 0 Å². The van der Waals surface area contributed by atoms with Crippen LogP contribution in [0, 0.1) is 5.92 Å². The quantitative estimate of drug-likeness (QED) is 0.663. The molecule has 0 unspecified atom stereocenters. The zero-order valence-corrected chi connectivity index (χ0v) is 12.3. The first-order valence-corrected chi connectivity index (χ1v) is 7.65. The van der Waals surface area contributed by atoms with Crippen LogP contribution >= 0.6 is 0 Å². The van der Waals surface area contributed by atoms with Crippen LogP contribution in [0.3, 0.4) is 0 Å². The minimum atomic E-state index is -0.291. The monoisotopic (exact) mass is 301 g/mol. The number of hydrogen-bond donors (Lipinski definition) is 1. The molecule has 2 atom stereocenters. The highest BCUT2D eigenvalue weighted by Crippen LogP contribution is 2.27. The van der Waals surface area contributed by atoms with Crippen LogP contribution in [0.1, 0.15) is 37.2 Å². The Bertz CT molecular complexity index is 585. The van der Waals surface area contributed by atoms with Crippen LogP contribution in [-0.4, -0.2) is 36.2 Å². The summed E-state index contributed by atoms with van der Waals surface area (Å²) < 4.78 is 0. The molecule has 2 fully saturated rings. The zero-order valence-electron chi connectivity index (χ0n) is 12.3. The summed E-state index contributed by atoms with van der Waals surface area (Å²) in [6.07, 6.45) is 5.23. The van der Waals surface area contributed by atoms with E-state index in [9.17, 15) is 14.4 Å². The van der Waals surface area contributed by atoms with E-state index < -0.39 is 0 Å². The first-order valence-electron chi connectivity index (χ1n) is 7.65. The van der Waals surface area contributed by atoms with Crippen molar-refractivity contribution in [3.8, 4) is 0 Å². The minimum Gasteiger partial charge on any atom is -0.356 e. The van der Waals surface area contributed by atoms with E-state index in [4.69, 9.17) is 0 Å². The van der Waals surface area contributed by atoms with Gasteiger partial charge in [-0.2, -0.15) is 0 Å². The Labute approximate surface area is 128 Å². The average molecular weight is 301 g/mol. The Morgan fingerprint density at radius 3 is 2.86 bits per heavy atom. The number of amides is 2. The van der Waals surface area contributed by atoms with Crippen LogP contribution in [-0.2, 0) is 14.4 Å². The summed E-state index contributed by atoms with van der Waals surface area (Å²) >= 11 is 0. The molecule has 1 aromatic heterocycles.